The van der Waals surface area contributed by atoms with Crippen LogP contribution in [-0.2, 0) is 4.74 Å². The minimum atomic E-state index is -0.0130. The van der Waals surface area contributed by atoms with Crippen molar-refractivity contribution in [2.24, 2.45) is 0 Å². The van der Waals surface area contributed by atoms with Gasteiger partial charge in [0.25, 0.3) is 0 Å². The first-order chi connectivity index (χ1) is 12.6. The number of ether oxygens (including phenoxy) is 5. The van der Waals surface area contributed by atoms with Gasteiger partial charge in [-0.2, -0.15) is 0 Å². The van der Waals surface area contributed by atoms with Gasteiger partial charge in [0.2, 0.25) is 5.75 Å². The molecule has 3 rings (SSSR count). The van der Waals surface area contributed by atoms with Crippen LogP contribution < -0.4 is 18.9 Å². The standard InChI is InChI=1S/C21H26O5/c1-13-6-7-14(10-18(13)22-2)16-8-9-17(26-16)15-11-19(23-3)21(25-5)20(12-15)24-4/h6-7,10-12,16-17H,8-9H2,1-5H3. The Labute approximate surface area is 154 Å². The van der Waals surface area contributed by atoms with Crippen molar-refractivity contribution < 1.29 is 23.7 Å². The van der Waals surface area contributed by atoms with Crippen LogP contribution in [0, 0.1) is 6.92 Å². The number of benzene rings is 2. The van der Waals surface area contributed by atoms with E-state index >= 15 is 0 Å². The lowest BCUT2D eigenvalue weighted by molar-refractivity contribution is 0.0437. The summed E-state index contributed by atoms with van der Waals surface area (Å²) in [4.78, 5) is 0. The Bertz CT molecular complexity index is 746. The van der Waals surface area contributed by atoms with Gasteiger partial charge in [-0.3, -0.25) is 0 Å². The van der Waals surface area contributed by atoms with Crippen molar-refractivity contribution in [3.63, 3.8) is 0 Å². The molecule has 0 radical (unpaired) electrons. The SMILES string of the molecule is COc1cc(C2CCC(c3cc(OC)c(OC)c(OC)c3)O2)ccc1C. The first kappa shape index (κ1) is 18.4. The summed E-state index contributed by atoms with van der Waals surface area (Å²) in [6.07, 6.45) is 1.92. The lowest BCUT2D eigenvalue weighted by Gasteiger charge is -2.18. The van der Waals surface area contributed by atoms with Gasteiger partial charge in [0.1, 0.15) is 5.75 Å². The average Bonchev–Trinajstić information content (AvgIpc) is 3.17. The van der Waals surface area contributed by atoms with E-state index in [9.17, 15) is 0 Å². The summed E-state index contributed by atoms with van der Waals surface area (Å²) in [5, 5.41) is 0. The Kier molecular flexibility index (Phi) is 5.57. The van der Waals surface area contributed by atoms with E-state index in [2.05, 4.69) is 18.2 Å². The highest BCUT2D eigenvalue weighted by Crippen LogP contribution is 2.46. The van der Waals surface area contributed by atoms with Crippen molar-refractivity contribution in [1.29, 1.82) is 0 Å². The van der Waals surface area contributed by atoms with Gasteiger partial charge in [-0.1, -0.05) is 12.1 Å². The van der Waals surface area contributed by atoms with Crippen LogP contribution in [0.1, 0.15) is 41.7 Å². The van der Waals surface area contributed by atoms with Crippen LogP contribution in [0.15, 0.2) is 30.3 Å². The number of hydrogen-bond donors (Lipinski definition) is 0. The molecule has 1 aliphatic heterocycles. The summed E-state index contributed by atoms with van der Waals surface area (Å²) in [5.41, 5.74) is 3.29. The van der Waals surface area contributed by atoms with Crippen molar-refractivity contribution >= 4 is 0 Å². The van der Waals surface area contributed by atoms with E-state index in [-0.39, 0.29) is 12.2 Å². The topological polar surface area (TPSA) is 46.2 Å². The molecule has 0 amide bonds. The molecule has 0 aliphatic carbocycles. The van der Waals surface area contributed by atoms with Gasteiger partial charge in [0.15, 0.2) is 11.5 Å². The molecule has 0 saturated carbocycles. The molecule has 0 N–H and O–H groups in total. The minimum Gasteiger partial charge on any atom is -0.496 e. The number of hydrogen-bond acceptors (Lipinski definition) is 5. The highest BCUT2D eigenvalue weighted by Gasteiger charge is 2.29. The van der Waals surface area contributed by atoms with Gasteiger partial charge in [-0.05, 0) is 54.7 Å². The zero-order valence-corrected chi connectivity index (χ0v) is 16.0. The van der Waals surface area contributed by atoms with Gasteiger partial charge < -0.3 is 23.7 Å². The molecule has 0 bridgehead atoms. The van der Waals surface area contributed by atoms with Crippen molar-refractivity contribution in [2.75, 3.05) is 28.4 Å². The summed E-state index contributed by atoms with van der Waals surface area (Å²) >= 11 is 0. The first-order valence-corrected chi connectivity index (χ1v) is 8.71. The maximum absolute atomic E-state index is 6.34. The third-order valence-corrected chi connectivity index (χ3v) is 4.88. The van der Waals surface area contributed by atoms with Crippen LogP contribution in [0.3, 0.4) is 0 Å². The first-order valence-electron chi connectivity index (χ1n) is 8.71. The molecule has 1 saturated heterocycles. The molecule has 26 heavy (non-hydrogen) atoms. The second-order valence-electron chi connectivity index (χ2n) is 6.38. The smallest absolute Gasteiger partial charge is 0.203 e. The lowest BCUT2D eigenvalue weighted by Crippen LogP contribution is -2.03. The lowest BCUT2D eigenvalue weighted by atomic mass is 10.0. The quantitative estimate of drug-likeness (QED) is 0.754. The molecule has 1 fully saturated rings. The number of aryl methyl sites for hydroxylation is 1. The van der Waals surface area contributed by atoms with E-state index in [1.165, 1.54) is 0 Å². The summed E-state index contributed by atoms with van der Waals surface area (Å²) in [7, 11) is 6.54. The van der Waals surface area contributed by atoms with Gasteiger partial charge in [0.05, 0.1) is 40.6 Å². The van der Waals surface area contributed by atoms with Gasteiger partial charge >= 0.3 is 0 Å². The highest BCUT2D eigenvalue weighted by molar-refractivity contribution is 5.54. The minimum absolute atomic E-state index is 0.0130. The Morgan fingerprint density at radius 1 is 0.731 bits per heavy atom. The van der Waals surface area contributed by atoms with Crippen molar-refractivity contribution in [2.45, 2.75) is 32.0 Å². The summed E-state index contributed by atoms with van der Waals surface area (Å²) in [6.45, 7) is 2.04. The van der Waals surface area contributed by atoms with Gasteiger partial charge in [-0.15, -0.1) is 0 Å². The number of rotatable bonds is 6. The maximum Gasteiger partial charge on any atom is 0.203 e. The van der Waals surface area contributed by atoms with Crippen LogP contribution in [0.5, 0.6) is 23.0 Å². The fourth-order valence-electron chi connectivity index (χ4n) is 3.45. The van der Waals surface area contributed by atoms with E-state index in [4.69, 9.17) is 23.7 Å². The molecular formula is C21H26O5. The summed E-state index contributed by atoms with van der Waals surface area (Å²) in [6, 6.07) is 10.2. The molecule has 2 atom stereocenters. The fraction of sp³-hybridized carbons (Fsp3) is 0.429. The molecule has 2 aromatic rings. The van der Waals surface area contributed by atoms with E-state index < -0.39 is 0 Å². The third kappa shape index (κ3) is 3.44. The zero-order valence-electron chi connectivity index (χ0n) is 16.0. The monoisotopic (exact) mass is 358 g/mol. The molecule has 5 nitrogen and oxygen atoms in total. The molecule has 2 aromatic carbocycles. The Morgan fingerprint density at radius 2 is 1.27 bits per heavy atom. The van der Waals surface area contributed by atoms with Crippen molar-refractivity contribution in [3.8, 4) is 23.0 Å². The van der Waals surface area contributed by atoms with E-state index in [1.807, 2.05) is 19.1 Å². The molecule has 1 aliphatic rings. The molecule has 0 spiro atoms. The fourth-order valence-corrected chi connectivity index (χ4v) is 3.45. The molecule has 5 heteroatoms. The molecule has 0 aromatic heterocycles. The average molecular weight is 358 g/mol. The van der Waals surface area contributed by atoms with E-state index in [1.54, 1.807) is 28.4 Å². The predicted molar refractivity (Wildman–Crippen MR) is 99.6 cm³/mol. The van der Waals surface area contributed by atoms with Crippen molar-refractivity contribution in [1.82, 2.24) is 0 Å². The van der Waals surface area contributed by atoms with Crippen LogP contribution in [-0.4, -0.2) is 28.4 Å². The van der Waals surface area contributed by atoms with Crippen LogP contribution in [0.25, 0.3) is 0 Å². The second kappa shape index (κ2) is 7.87. The zero-order chi connectivity index (χ0) is 18.7. The number of methoxy groups -OCH3 is 4. The van der Waals surface area contributed by atoms with E-state index in [0.29, 0.717) is 17.2 Å². The molecule has 2 unspecified atom stereocenters. The summed E-state index contributed by atoms with van der Waals surface area (Å²) in [5.74, 6) is 2.77. The predicted octanol–water partition coefficient (Wildman–Crippen LogP) is 4.62. The molecule has 140 valence electrons. The Morgan fingerprint density at radius 3 is 1.81 bits per heavy atom. The van der Waals surface area contributed by atoms with Gasteiger partial charge in [0, 0.05) is 0 Å². The van der Waals surface area contributed by atoms with Crippen LogP contribution in [0.2, 0.25) is 0 Å². The Balaban J connectivity index is 1.84. The Hall–Kier alpha value is -2.40. The maximum atomic E-state index is 6.34. The largest absolute Gasteiger partial charge is 0.496 e. The summed E-state index contributed by atoms with van der Waals surface area (Å²) < 4.78 is 28.1. The third-order valence-electron chi connectivity index (χ3n) is 4.88. The van der Waals surface area contributed by atoms with E-state index in [0.717, 1.165) is 35.3 Å². The highest BCUT2D eigenvalue weighted by atomic mass is 16.5. The van der Waals surface area contributed by atoms with Gasteiger partial charge in [-0.25, -0.2) is 0 Å². The molecular weight excluding hydrogens is 332 g/mol. The normalized spacial score (nSPS) is 19.3. The van der Waals surface area contributed by atoms with Crippen molar-refractivity contribution in [3.05, 3.63) is 47.0 Å². The van der Waals surface area contributed by atoms with Crippen LogP contribution >= 0.6 is 0 Å². The van der Waals surface area contributed by atoms with Crippen LogP contribution in [0.4, 0.5) is 0 Å². The second-order valence-corrected chi connectivity index (χ2v) is 6.38. The molecule has 1 heterocycles.